The van der Waals surface area contributed by atoms with Gasteiger partial charge >= 0.3 is 0 Å². The molecule has 0 saturated heterocycles. The lowest BCUT2D eigenvalue weighted by Gasteiger charge is -2.29. The van der Waals surface area contributed by atoms with Gasteiger partial charge in [0.25, 0.3) is 0 Å². The number of rotatable bonds is 8. The van der Waals surface area contributed by atoms with E-state index >= 15 is 0 Å². The van der Waals surface area contributed by atoms with E-state index in [1.54, 1.807) is 7.11 Å². The summed E-state index contributed by atoms with van der Waals surface area (Å²) in [6.07, 6.45) is 7.86. The molecule has 1 aromatic heterocycles. The molecule has 5 nitrogen and oxygen atoms in total. The quantitative estimate of drug-likeness (QED) is 0.742. The molecule has 0 spiro atoms. The van der Waals surface area contributed by atoms with Crippen molar-refractivity contribution in [2.75, 3.05) is 20.3 Å². The second kappa shape index (κ2) is 8.37. The van der Waals surface area contributed by atoms with Crippen LogP contribution in [0.5, 0.6) is 0 Å². The lowest BCUT2D eigenvalue weighted by atomic mass is 9.84. The van der Waals surface area contributed by atoms with Crippen LogP contribution < -0.4 is 5.32 Å². The fraction of sp³-hybridized carbons (Fsp3) is 0.867. The molecule has 0 aromatic carbocycles. The molecule has 0 amide bonds. The number of ether oxygens (including phenoxy) is 1. The number of hydrogen-bond acceptors (Lipinski definition) is 5. The van der Waals surface area contributed by atoms with Gasteiger partial charge in [-0.25, -0.2) is 0 Å². The average molecular weight is 281 g/mol. The Morgan fingerprint density at radius 3 is 3.00 bits per heavy atom. The molecule has 0 bridgehead atoms. The van der Waals surface area contributed by atoms with Crippen molar-refractivity contribution in [2.24, 2.45) is 0 Å². The maximum atomic E-state index is 5.50. The second-order valence-corrected chi connectivity index (χ2v) is 5.60. The van der Waals surface area contributed by atoms with Crippen molar-refractivity contribution in [3.63, 3.8) is 0 Å². The Morgan fingerprint density at radius 1 is 1.35 bits per heavy atom. The maximum Gasteiger partial charge on any atom is 0.231 e. The van der Waals surface area contributed by atoms with Gasteiger partial charge in [-0.15, -0.1) is 0 Å². The first-order valence-corrected chi connectivity index (χ1v) is 7.90. The molecule has 0 radical (unpaired) electrons. The van der Waals surface area contributed by atoms with E-state index in [0.29, 0.717) is 12.0 Å². The number of aromatic nitrogens is 2. The second-order valence-electron chi connectivity index (χ2n) is 5.60. The standard InChI is InChI=1S/C15H27N3O2/c1-3-10-16-13-8-5-4-7-12(13)15-17-14(18-20-15)9-6-11-19-2/h12-13,16H,3-11H2,1-2H3. The van der Waals surface area contributed by atoms with Gasteiger partial charge in [-0.05, 0) is 32.2 Å². The molecule has 1 saturated carbocycles. The molecule has 2 rings (SSSR count). The minimum absolute atomic E-state index is 0.388. The van der Waals surface area contributed by atoms with Crippen LogP contribution >= 0.6 is 0 Å². The van der Waals surface area contributed by atoms with Crippen molar-refractivity contribution in [2.45, 2.75) is 63.8 Å². The van der Waals surface area contributed by atoms with Crippen LogP contribution in [0.1, 0.15) is 63.1 Å². The molecular weight excluding hydrogens is 254 g/mol. The number of hydrogen-bond donors (Lipinski definition) is 1. The molecule has 1 heterocycles. The Bertz CT molecular complexity index is 381. The molecule has 114 valence electrons. The van der Waals surface area contributed by atoms with Crippen LogP contribution in [-0.2, 0) is 11.2 Å². The smallest absolute Gasteiger partial charge is 0.231 e. The van der Waals surface area contributed by atoms with Gasteiger partial charge in [0.2, 0.25) is 5.89 Å². The number of nitrogens with one attached hydrogen (secondary N) is 1. The lowest BCUT2D eigenvalue weighted by Crippen LogP contribution is -2.37. The van der Waals surface area contributed by atoms with Crippen LogP contribution in [-0.4, -0.2) is 36.4 Å². The Labute approximate surface area is 121 Å². The van der Waals surface area contributed by atoms with Gasteiger partial charge in [-0.3, -0.25) is 0 Å². The zero-order chi connectivity index (χ0) is 14.2. The third-order valence-corrected chi connectivity index (χ3v) is 3.97. The van der Waals surface area contributed by atoms with Crippen molar-refractivity contribution in [1.29, 1.82) is 0 Å². The Morgan fingerprint density at radius 2 is 2.20 bits per heavy atom. The van der Waals surface area contributed by atoms with E-state index in [1.165, 1.54) is 19.3 Å². The van der Waals surface area contributed by atoms with Crippen LogP contribution in [0.15, 0.2) is 4.52 Å². The SMILES string of the molecule is CCCNC1CCCCC1c1nc(CCCOC)no1. The molecule has 0 aliphatic heterocycles. The summed E-state index contributed by atoms with van der Waals surface area (Å²) < 4.78 is 10.6. The van der Waals surface area contributed by atoms with Gasteiger partial charge in [0.15, 0.2) is 5.82 Å². The van der Waals surface area contributed by atoms with E-state index in [1.807, 2.05) is 0 Å². The van der Waals surface area contributed by atoms with E-state index < -0.39 is 0 Å². The predicted octanol–water partition coefficient (Wildman–Crippen LogP) is 2.67. The first-order chi connectivity index (χ1) is 9.85. The van der Waals surface area contributed by atoms with Crippen molar-refractivity contribution in [1.82, 2.24) is 15.5 Å². The Kier molecular flexibility index (Phi) is 6.47. The summed E-state index contributed by atoms with van der Waals surface area (Å²) in [4.78, 5) is 4.59. The van der Waals surface area contributed by atoms with E-state index in [2.05, 4.69) is 22.4 Å². The van der Waals surface area contributed by atoms with Crippen molar-refractivity contribution < 1.29 is 9.26 Å². The summed E-state index contributed by atoms with van der Waals surface area (Å²) in [5.41, 5.74) is 0. The minimum atomic E-state index is 0.388. The van der Waals surface area contributed by atoms with Gasteiger partial charge < -0.3 is 14.6 Å². The normalized spacial score (nSPS) is 23.1. The molecule has 20 heavy (non-hydrogen) atoms. The van der Waals surface area contributed by atoms with E-state index in [0.717, 1.165) is 50.6 Å². The van der Waals surface area contributed by atoms with Crippen LogP contribution in [0.2, 0.25) is 0 Å². The summed E-state index contributed by atoms with van der Waals surface area (Å²) in [7, 11) is 1.72. The summed E-state index contributed by atoms with van der Waals surface area (Å²) in [5, 5.41) is 7.74. The van der Waals surface area contributed by atoms with E-state index in [9.17, 15) is 0 Å². The zero-order valence-corrected chi connectivity index (χ0v) is 12.7. The zero-order valence-electron chi connectivity index (χ0n) is 12.7. The van der Waals surface area contributed by atoms with E-state index in [-0.39, 0.29) is 0 Å². The molecule has 2 atom stereocenters. The highest BCUT2D eigenvalue weighted by Crippen LogP contribution is 2.32. The molecule has 2 unspecified atom stereocenters. The number of nitrogens with zero attached hydrogens (tertiary/aromatic N) is 2. The maximum absolute atomic E-state index is 5.50. The molecule has 5 heteroatoms. The highest BCUT2D eigenvalue weighted by molar-refractivity contribution is 5.01. The lowest BCUT2D eigenvalue weighted by molar-refractivity contribution is 0.194. The van der Waals surface area contributed by atoms with Crippen LogP contribution in [0.25, 0.3) is 0 Å². The molecule has 1 aliphatic carbocycles. The summed E-state index contributed by atoms with van der Waals surface area (Å²) in [6, 6.07) is 0.496. The van der Waals surface area contributed by atoms with Crippen LogP contribution in [0.4, 0.5) is 0 Å². The van der Waals surface area contributed by atoms with Crippen LogP contribution in [0, 0.1) is 0 Å². The van der Waals surface area contributed by atoms with Gasteiger partial charge in [-0.1, -0.05) is 24.9 Å². The van der Waals surface area contributed by atoms with E-state index in [4.69, 9.17) is 9.26 Å². The average Bonchev–Trinajstić information content (AvgIpc) is 2.94. The number of aryl methyl sites for hydroxylation is 1. The Balaban J connectivity index is 1.93. The van der Waals surface area contributed by atoms with Crippen molar-refractivity contribution in [3.8, 4) is 0 Å². The highest BCUT2D eigenvalue weighted by atomic mass is 16.5. The van der Waals surface area contributed by atoms with Crippen molar-refractivity contribution in [3.05, 3.63) is 11.7 Å². The molecule has 1 fully saturated rings. The molecule has 1 N–H and O–H groups in total. The monoisotopic (exact) mass is 281 g/mol. The topological polar surface area (TPSA) is 60.2 Å². The third kappa shape index (κ3) is 4.28. The predicted molar refractivity (Wildman–Crippen MR) is 77.8 cm³/mol. The highest BCUT2D eigenvalue weighted by Gasteiger charge is 2.30. The molecular formula is C15H27N3O2. The van der Waals surface area contributed by atoms with Crippen LogP contribution in [0.3, 0.4) is 0 Å². The first kappa shape index (κ1) is 15.4. The van der Waals surface area contributed by atoms with Gasteiger partial charge in [0, 0.05) is 26.2 Å². The summed E-state index contributed by atoms with van der Waals surface area (Å²) >= 11 is 0. The first-order valence-electron chi connectivity index (χ1n) is 7.90. The van der Waals surface area contributed by atoms with Gasteiger partial charge in [-0.2, -0.15) is 4.98 Å². The van der Waals surface area contributed by atoms with Crippen molar-refractivity contribution >= 4 is 0 Å². The largest absolute Gasteiger partial charge is 0.385 e. The fourth-order valence-electron chi connectivity index (χ4n) is 2.89. The van der Waals surface area contributed by atoms with Gasteiger partial charge in [0.1, 0.15) is 0 Å². The molecule has 1 aromatic rings. The fourth-order valence-corrected chi connectivity index (χ4v) is 2.89. The third-order valence-electron chi connectivity index (χ3n) is 3.97. The Hall–Kier alpha value is -0.940. The molecule has 1 aliphatic rings. The minimum Gasteiger partial charge on any atom is -0.385 e. The summed E-state index contributed by atoms with van der Waals surface area (Å²) in [5.74, 6) is 2.03. The van der Waals surface area contributed by atoms with Gasteiger partial charge in [0.05, 0.1) is 5.92 Å². The summed E-state index contributed by atoms with van der Waals surface area (Å²) in [6.45, 7) is 4.01. The number of methoxy groups -OCH3 is 1.